The van der Waals surface area contributed by atoms with E-state index < -0.39 is 0 Å². The van der Waals surface area contributed by atoms with Crippen LogP contribution in [0.5, 0.6) is 0 Å². The summed E-state index contributed by atoms with van der Waals surface area (Å²) in [6, 6.07) is 14.5. The number of halogens is 2. The summed E-state index contributed by atoms with van der Waals surface area (Å²) in [4.78, 5) is 13.0. The summed E-state index contributed by atoms with van der Waals surface area (Å²) in [6.45, 7) is 1.83. The highest BCUT2D eigenvalue weighted by molar-refractivity contribution is 9.10. The first-order valence-electron chi connectivity index (χ1n) is 7.56. The maximum absolute atomic E-state index is 13.0. The Labute approximate surface area is 164 Å². The van der Waals surface area contributed by atoms with Gasteiger partial charge in [0.15, 0.2) is 5.11 Å². The molecule has 3 rings (SSSR count). The molecule has 3 N–H and O–H groups in total. The van der Waals surface area contributed by atoms with Gasteiger partial charge in [-0.1, -0.05) is 57.9 Å². The second kappa shape index (κ2) is 7.56. The van der Waals surface area contributed by atoms with Gasteiger partial charge in [-0.2, -0.15) is 0 Å². The molecule has 2 aromatic rings. The molecule has 0 unspecified atom stereocenters. The molecular weight excluding hydrogens is 422 g/mol. The SMILES string of the molecule is CC1=C(C(=O)Nc2ccccc2Cl)[C@H](c2ccccc2Br)NC(=S)N1. The van der Waals surface area contributed by atoms with Crippen molar-refractivity contribution in [1.82, 2.24) is 10.6 Å². The number of hydrogen-bond acceptors (Lipinski definition) is 2. The van der Waals surface area contributed by atoms with Gasteiger partial charge in [0.2, 0.25) is 0 Å². The van der Waals surface area contributed by atoms with Crippen molar-refractivity contribution >= 4 is 56.5 Å². The Morgan fingerprint density at radius 2 is 1.88 bits per heavy atom. The van der Waals surface area contributed by atoms with Crippen LogP contribution in [0.4, 0.5) is 5.69 Å². The fourth-order valence-corrected chi connectivity index (χ4v) is 3.66. The second-order valence-corrected chi connectivity index (χ2v) is 7.20. The van der Waals surface area contributed by atoms with Crippen molar-refractivity contribution in [2.45, 2.75) is 13.0 Å². The predicted octanol–water partition coefficient (Wildman–Crippen LogP) is 4.53. The van der Waals surface area contributed by atoms with E-state index in [0.717, 1.165) is 10.0 Å². The van der Waals surface area contributed by atoms with Crippen LogP contribution in [0.2, 0.25) is 5.02 Å². The maximum atomic E-state index is 13.0. The Kier molecular flexibility index (Phi) is 5.42. The molecule has 0 bridgehead atoms. The summed E-state index contributed by atoms with van der Waals surface area (Å²) in [7, 11) is 0. The summed E-state index contributed by atoms with van der Waals surface area (Å²) in [5.74, 6) is -0.242. The molecule has 0 fully saturated rings. The van der Waals surface area contributed by atoms with Crippen LogP contribution < -0.4 is 16.0 Å². The zero-order valence-corrected chi connectivity index (χ0v) is 16.4. The number of allylic oxidation sites excluding steroid dienone is 1. The molecule has 0 spiro atoms. The van der Waals surface area contributed by atoms with E-state index in [1.54, 1.807) is 12.1 Å². The van der Waals surface area contributed by atoms with E-state index in [4.69, 9.17) is 23.8 Å². The molecule has 0 aromatic heterocycles. The van der Waals surface area contributed by atoms with E-state index in [0.29, 0.717) is 27.1 Å². The van der Waals surface area contributed by atoms with E-state index in [9.17, 15) is 4.79 Å². The number of para-hydroxylation sites is 1. The van der Waals surface area contributed by atoms with Crippen LogP contribution in [0, 0.1) is 0 Å². The van der Waals surface area contributed by atoms with Crippen LogP contribution in [-0.4, -0.2) is 11.0 Å². The number of benzene rings is 2. The Balaban J connectivity index is 1.99. The third-order valence-corrected chi connectivity index (χ3v) is 5.12. The minimum atomic E-state index is -0.369. The zero-order chi connectivity index (χ0) is 18.0. The molecule has 0 aliphatic carbocycles. The van der Waals surface area contributed by atoms with E-state index >= 15 is 0 Å². The van der Waals surface area contributed by atoms with Gasteiger partial charge in [0.1, 0.15) is 0 Å². The van der Waals surface area contributed by atoms with Crippen molar-refractivity contribution < 1.29 is 4.79 Å². The highest BCUT2D eigenvalue weighted by Gasteiger charge is 2.31. The standard InChI is InChI=1S/C18H15BrClN3OS/c1-10-15(17(24)22-14-9-5-4-8-13(14)20)16(23-18(25)21-10)11-6-2-3-7-12(11)19/h2-9,16H,1H3,(H,22,24)(H2,21,23,25)/t16-/m0/s1. The largest absolute Gasteiger partial charge is 0.351 e. The van der Waals surface area contributed by atoms with Crippen molar-refractivity contribution in [1.29, 1.82) is 0 Å². The van der Waals surface area contributed by atoms with E-state index in [2.05, 4.69) is 31.9 Å². The quantitative estimate of drug-likeness (QED) is 0.619. The molecule has 1 heterocycles. The Morgan fingerprint density at radius 3 is 2.60 bits per heavy atom. The van der Waals surface area contributed by atoms with Gasteiger partial charge in [-0.25, -0.2) is 0 Å². The molecule has 1 aliphatic rings. The number of thiocarbonyl (C=S) groups is 1. The maximum Gasteiger partial charge on any atom is 0.255 e. The minimum absolute atomic E-state index is 0.242. The second-order valence-electron chi connectivity index (χ2n) is 5.53. The first-order valence-corrected chi connectivity index (χ1v) is 9.14. The fourth-order valence-electron chi connectivity index (χ4n) is 2.69. The van der Waals surface area contributed by atoms with Gasteiger partial charge in [-0.3, -0.25) is 4.79 Å². The molecule has 7 heteroatoms. The van der Waals surface area contributed by atoms with Gasteiger partial charge in [0.25, 0.3) is 5.91 Å². The minimum Gasteiger partial charge on any atom is -0.351 e. The molecule has 0 saturated carbocycles. The lowest BCUT2D eigenvalue weighted by Gasteiger charge is -2.31. The van der Waals surface area contributed by atoms with Crippen LogP contribution in [0.1, 0.15) is 18.5 Å². The first kappa shape index (κ1) is 17.9. The lowest BCUT2D eigenvalue weighted by molar-refractivity contribution is -0.113. The molecule has 128 valence electrons. The number of hydrogen-bond donors (Lipinski definition) is 3. The van der Waals surface area contributed by atoms with Gasteiger partial charge >= 0.3 is 0 Å². The Morgan fingerprint density at radius 1 is 1.20 bits per heavy atom. The number of nitrogens with one attached hydrogen (secondary N) is 3. The van der Waals surface area contributed by atoms with Crippen LogP contribution >= 0.6 is 39.7 Å². The lowest BCUT2D eigenvalue weighted by atomic mass is 9.95. The van der Waals surface area contributed by atoms with Crippen molar-refractivity contribution in [2.75, 3.05) is 5.32 Å². The van der Waals surface area contributed by atoms with Crippen molar-refractivity contribution in [3.63, 3.8) is 0 Å². The number of amides is 1. The number of rotatable bonds is 3. The third kappa shape index (κ3) is 3.86. The van der Waals surface area contributed by atoms with Gasteiger partial charge in [-0.15, -0.1) is 0 Å². The number of anilines is 1. The van der Waals surface area contributed by atoms with Gasteiger partial charge in [-0.05, 0) is 42.9 Å². The highest BCUT2D eigenvalue weighted by Crippen LogP contribution is 2.32. The molecule has 0 saturated heterocycles. The monoisotopic (exact) mass is 435 g/mol. The van der Waals surface area contributed by atoms with E-state index in [1.165, 1.54) is 0 Å². The molecule has 4 nitrogen and oxygen atoms in total. The summed E-state index contributed by atoms with van der Waals surface area (Å²) in [6.07, 6.45) is 0. The number of carbonyl (C=O) groups excluding carboxylic acids is 1. The van der Waals surface area contributed by atoms with Gasteiger partial charge < -0.3 is 16.0 Å². The van der Waals surface area contributed by atoms with Crippen LogP contribution in [0.15, 0.2) is 64.3 Å². The Bertz CT molecular complexity index is 884. The average Bonchev–Trinajstić information content (AvgIpc) is 2.56. The third-order valence-electron chi connectivity index (χ3n) is 3.85. The lowest BCUT2D eigenvalue weighted by Crippen LogP contribution is -2.45. The normalized spacial score (nSPS) is 16.9. The Hall–Kier alpha value is -1.89. The molecule has 0 radical (unpaired) electrons. The van der Waals surface area contributed by atoms with E-state index in [-0.39, 0.29) is 11.9 Å². The topological polar surface area (TPSA) is 53.2 Å². The molecule has 25 heavy (non-hydrogen) atoms. The molecule has 1 amide bonds. The van der Waals surface area contributed by atoms with Crippen molar-refractivity contribution in [3.05, 3.63) is 74.9 Å². The average molecular weight is 437 g/mol. The van der Waals surface area contributed by atoms with Gasteiger partial charge in [0, 0.05) is 10.2 Å². The highest BCUT2D eigenvalue weighted by atomic mass is 79.9. The smallest absolute Gasteiger partial charge is 0.255 e. The molecule has 2 aromatic carbocycles. The van der Waals surface area contributed by atoms with E-state index in [1.807, 2.05) is 43.3 Å². The summed E-state index contributed by atoms with van der Waals surface area (Å²) >= 11 is 15.0. The molecule has 1 atom stereocenters. The first-order chi connectivity index (χ1) is 12.0. The summed E-state index contributed by atoms with van der Waals surface area (Å²) < 4.78 is 0.896. The molecule has 1 aliphatic heterocycles. The van der Waals surface area contributed by atoms with Crippen LogP contribution in [0.25, 0.3) is 0 Å². The summed E-state index contributed by atoms with van der Waals surface area (Å²) in [5.41, 5.74) is 2.75. The summed E-state index contributed by atoms with van der Waals surface area (Å²) in [5, 5.41) is 10.0. The van der Waals surface area contributed by atoms with Crippen molar-refractivity contribution in [2.24, 2.45) is 0 Å². The van der Waals surface area contributed by atoms with Crippen LogP contribution in [-0.2, 0) is 4.79 Å². The number of carbonyl (C=O) groups is 1. The van der Waals surface area contributed by atoms with Crippen LogP contribution in [0.3, 0.4) is 0 Å². The van der Waals surface area contributed by atoms with Crippen molar-refractivity contribution in [3.8, 4) is 0 Å². The fraction of sp³-hybridized carbons (Fsp3) is 0.111. The molecular formula is C18H15BrClN3OS. The predicted molar refractivity (Wildman–Crippen MR) is 109 cm³/mol. The zero-order valence-electron chi connectivity index (χ0n) is 13.3. The van der Waals surface area contributed by atoms with Gasteiger partial charge in [0.05, 0.1) is 22.3 Å².